The number of para-hydroxylation sites is 1. The van der Waals surface area contributed by atoms with Crippen LogP contribution in [-0.4, -0.2) is 36.0 Å². The Labute approximate surface area is 170 Å². The van der Waals surface area contributed by atoms with Crippen molar-refractivity contribution >= 4 is 29.1 Å². The van der Waals surface area contributed by atoms with Gasteiger partial charge in [-0.25, -0.2) is 0 Å². The zero-order chi connectivity index (χ0) is 19.2. The molecular weight excluding hydrogens is 383 g/mol. The second kappa shape index (κ2) is 9.45. The number of halogens is 2. The summed E-state index contributed by atoms with van der Waals surface area (Å²) in [6.07, 6.45) is 1.57. The number of rotatable bonds is 7. The molecule has 0 aromatic heterocycles. The van der Waals surface area contributed by atoms with Gasteiger partial charge in [0.05, 0.1) is 5.02 Å². The van der Waals surface area contributed by atoms with E-state index >= 15 is 0 Å². The first-order chi connectivity index (χ1) is 13.0. The molecule has 0 radical (unpaired) electrons. The van der Waals surface area contributed by atoms with Crippen molar-refractivity contribution in [2.45, 2.75) is 38.5 Å². The minimum Gasteiger partial charge on any atom is -0.479 e. The number of nitrogens with one attached hydrogen (secondary N) is 1. The van der Waals surface area contributed by atoms with E-state index in [4.69, 9.17) is 27.9 Å². The van der Waals surface area contributed by atoms with Gasteiger partial charge in [0, 0.05) is 24.2 Å². The number of hydrogen-bond donors (Lipinski definition) is 1. The van der Waals surface area contributed by atoms with Crippen molar-refractivity contribution in [3.8, 4) is 5.75 Å². The van der Waals surface area contributed by atoms with E-state index in [2.05, 4.69) is 5.32 Å². The van der Waals surface area contributed by atoms with Gasteiger partial charge >= 0.3 is 0 Å². The predicted molar refractivity (Wildman–Crippen MR) is 109 cm³/mol. The SMILES string of the molecule is CC(Oc1ccccc1Cl)C(=O)N(Cc1cccc(Cl)c1)CC1CCCN1. The van der Waals surface area contributed by atoms with Gasteiger partial charge in [0.1, 0.15) is 5.75 Å². The van der Waals surface area contributed by atoms with Crippen LogP contribution >= 0.6 is 23.2 Å². The number of amides is 1. The second-order valence-corrected chi connectivity index (χ2v) is 7.68. The molecule has 2 unspecified atom stereocenters. The third-order valence-electron chi connectivity index (χ3n) is 4.67. The van der Waals surface area contributed by atoms with Gasteiger partial charge in [-0.1, -0.05) is 47.5 Å². The monoisotopic (exact) mass is 406 g/mol. The smallest absolute Gasteiger partial charge is 0.263 e. The van der Waals surface area contributed by atoms with Crippen molar-refractivity contribution in [2.75, 3.05) is 13.1 Å². The molecule has 1 amide bonds. The molecule has 4 nitrogen and oxygen atoms in total. The first-order valence-electron chi connectivity index (χ1n) is 9.20. The van der Waals surface area contributed by atoms with Crippen molar-refractivity contribution in [1.82, 2.24) is 10.2 Å². The van der Waals surface area contributed by atoms with E-state index in [-0.39, 0.29) is 5.91 Å². The van der Waals surface area contributed by atoms with Crippen LogP contribution in [0.1, 0.15) is 25.3 Å². The molecule has 0 bridgehead atoms. The van der Waals surface area contributed by atoms with Crippen LogP contribution in [-0.2, 0) is 11.3 Å². The molecule has 27 heavy (non-hydrogen) atoms. The van der Waals surface area contributed by atoms with Crippen LogP contribution in [0, 0.1) is 0 Å². The van der Waals surface area contributed by atoms with E-state index in [1.165, 1.54) is 0 Å². The quantitative estimate of drug-likeness (QED) is 0.733. The van der Waals surface area contributed by atoms with Crippen molar-refractivity contribution < 1.29 is 9.53 Å². The van der Waals surface area contributed by atoms with Crippen LogP contribution in [0.4, 0.5) is 0 Å². The van der Waals surface area contributed by atoms with Gasteiger partial charge in [0.2, 0.25) is 0 Å². The van der Waals surface area contributed by atoms with Crippen LogP contribution in [0.5, 0.6) is 5.75 Å². The van der Waals surface area contributed by atoms with E-state index < -0.39 is 6.10 Å². The molecule has 0 spiro atoms. The summed E-state index contributed by atoms with van der Waals surface area (Å²) in [5.41, 5.74) is 0.999. The van der Waals surface area contributed by atoms with E-state index in [1.54, 1.807) is 19.1 Å². The number of carbonyl (C=O) groups excluding carboxylic acids is 1. The molecule has 3 rings (SSSR count). The highest BCUT2D eigenvalue weighted by Gasteiger charge is 2.26. The third kappa shape index (κ3) is 5.61. The van der Waals surface area contributed by atoms with E-state index in [1.807, 2.05) is 41.3 Å². The fourth-order valence-corrected chi connectivity index (χ4v) is 3.70. The fraction of sp³-hybridized carbons (Fsp3) is 0.381. The Hall–Kier alpha value is -1.75. The number of benzene rings is 2. The van der Waals surface area contributed by atoms with Gasteiger partial charge in [-0.15, -0.1) is 0 Å². The first-order valence-corrected chi connectivity index (χ1v) is 9.96. The van der Waals surface area contributed by atoms with Crippen LogP contribution < -0.4 is 10.1 Å². The molecule has 1 N–H and O–H groups in total. The second-order valence-electron chi connectivity index (χ2n) is 6.83. The Morgan fingerprint density at radius 2 is 2.07 bits per heavy atom. The van der Waals surface area contributed by atoms with Gasteiger partial charge in [0.25, 0.3) is 5.91 Å². The lowest BCUT2D eigenvalue weighted by Crippen LogP contribution is -2.45. The molecule has 2 atom stereocenters. The lowest BCUT2D eigenvalue weighted by atomic mass is 10.1. The first kappa shape index (κ1) is 20.0. The van der Waals surface area contributed by atoms with Crippen molar-refractivity contribution in [3.05, 3.63) is 64.1 Å². The van der Waals surface area contributed by atoms with Crippen LogP contribution in [0.2, 0.25) is 10.0 Å². The molecule has 1 aliphatic heterocycles. The Morgan fingerprint density at radius 3 is 2.78 bits per heavy atom. The normalized spacial score (nSPS) is 17.5. The summed E-state index contributed by atoms with van der Waals surface area (Å²) in [4.78, 5) is 15.0. The molecule has 0 saturated carbocycles. The van der Waals surface area contributed by atoms with Crippen molar-refractivity contribution in [1.29, 1.82) is 0 Å². The molecule has 6 heteroatoms. The van der Waals surface area contributed by atoms with Crippen molar-refractivity contribution in [3.63, 3.8) is 0 Å². The van der Waals surface area contributed by atoms with E-state index in [0.29, 0.717) is 34.9 Å². The number of ether oxygens (including phenoxy) is 1. The summed E-state index contributed by atoms with van der Waals surface area (Å²) in [5.74, 6) is 0.449. The summed E-state index contributed by atoms with van der Waals surface area (Å²) in [6.45, 7) is 3.89. The zero-order valence-corrected chi connectivity index (χ0v) is 16.8. The number of carbonyl (C=O) groups is 1. The number of nitrogens with zero attached hydrogens (tertiary/aromatic N) is 1. The van der Waals surface area contributed by atoms with Crippen molar-refractivity contribution in [2.24, 2.45) is 0 Å². The molecule has 1 saturated heterocycles. The highest BCUT2D eigenvalue weighted by molar-refractivity contribution is 6.32. The molecule has 1 aliphatic rings. The van der Waals surface area contributed by atoms with Crippen LogP contribution in [0.15, 0.2) is 48.5 Å². The maximum Gasteiger partial charge on any atom is 0.263 e. The Bertz CT molecular complexity index is 778. The summed E-state index contributed by atoms with van der Waals surface area (Å²) >= 11 is 12.3. The largest absolute Gasteiger partial charge is 0.479 e. The maximum absolute atomic E-state index is 13.1. The fourth-order valence-electron chi connectivity index (χ4n) is 3.31. The van der Waals surface area contributed by atoms with Gasteiger partial charge in [0.15, 0.2) is 6.10 Å². The number of hydrogen-bond acceptors (Lipinski definition) is 3. The predicted octanol–water partition coefficient (Wildman–Crippen LogP) is 4.54. The summed E-state index contributed by atoms with van der Waals surface area (Å²) in [6, 6.07) is 15.1. The molecular formula is C21H24Cl2N2O2. The minimum absolute atomic E-state index is 0.0661. The Kier molecular flexibility index (Phi) is 7.00. The highest BCUT2D eigenvalue weighted by Crippen LogP contribution is 2.25. The molecule has 1 fully saturated rings. The van der Waals surface area contributed by atoms with Gasteiger partial charge in [-0.2, -0.15) is 0 Å². The average Bonchev–Trinajstić information content (AvgIpc) is 3.15. The van der Waals surface area contributed by atoms with Gasteiger partial charge in [-0.3, -0.25) is 4.79 Å². The molecule has 144 valence electrons. The maximum atomic E-state index is 13.1. The molecule has 0 aliphatic carbocycles. The third-order valence-corrected chi connectivity index (χ3v) is 5.21. The molecule has 1 heterocycles. The zero-order valence-electron chi connectivity index (χ0n) is 15.3. The average molecular weight is 407 g/mol. The standard InChI is InChI=1S/C21H24Cl2N2O2/c1-15(27-20-10-3-2-9-19(20)23)21(26)25(14-18-8-5-11-24-18)13-16-6-4-7-17(22)12-16/h2-4,6-7,9-10,12,15,18,24H,5,8,11,13-14H2,1H3. The summed E-state index contributed by atoms with van der Waals surface area (Å²) < 4.78 is 5.84. The van der Waals surface area contributed by atoms with E-state index in [9.17, 15) is 4.79 Å². The lowest BCUT2D eigenvalue weighted by Gasteiger charge is -2.29. The van der Waals surface area contributed by atoms with E-state index in [0.717, 1.165) is 24.9 Å². The minimum atomic E-state index is -0.634. The highest BCUT2D eigenvalue weighted by atomic mass is 35.5. The topological polar surface area (TPSA) is 41.6 Å². The summed E-state index contributed by atoms with van der Waals surface area (Å²) in [7, 11) is 0. The van der Waals surface area contributed by atoms with Gasteiger partial charge < -0.3 is 15.0 Å². The lowest BCUT2D eigenvalue weighted by molar-refractivity contribution is -0.139. The Balaban J connectivity index is 1.73. The summed E-state index contributed by atoms with van der Waals surface area (Å²) in [5, 5.41) is 4.62. The van der Waals surface area contributed by atoms with Crippen LogP contribution in [0.3, 0.4) is 0 Å². The Morgan fingerprint density at radius 1 is 1.26 bits per heavy atom. The molecule has 2 aromatic rings. The molecule has 2 aromatic carbocycles. The van der Waals surface area contributed by atoms with Gasteiger partial charge in [-0.05, 0) is 56.1 Å². The van der Waals surface area contributed by atoms with Crippen LogP contribution in [0.25, 0.3) is 0 Å².